The maximum absolute atomic E-state index is 11.8. The first-order valence-corrected chi connectivity index (χ1v) is 6.93. The van der Waals surface area contributed by atoms with Gasteiger partial charge in [-0.15, -0.1) is 0 Å². The van der Waals surface area contributed by atoms with Gasteiger partial charge in [0.1, 0.15) is 5.75 Å². The number of ether oxygens (including phenoxy) is 1. The van der Waals surface area contributed by atoms with E-state index in [1.807, 2.05) is 33.0 Å². The molecular weight excluding hydrogens is 294 g/mol. The van der Waals surface area contributed by atoms with Gasteiger partial charge in [0, 0.05) is 17.6 Å². The maximum Gasteiger partial charge on any atom is 0.260 e. The predicted molar refractivity (Wildman–Crippen MR) is 74.9 cm³/mol. The number of rotatable bonds is 4. The number of likely N-dealkylation sites (N-methyl/N-ethyl adjacent to an activating group) is 1. The van der Waals surface area contributed by atoms with Gasteiger partial charge < -0.3 is 9.64 Å². The second kappa shape index (κ2) is 5.31. The van der Waals surface area contributed by atoms with Crippen molar-refractivity contribution in [2.75, 3.05) is 13.7 Å². The van der Waals surface area contributed by atoms with Gasteiger partial charge in [0.15, 0.2) is 6.61 Å². The number of halogens is 1. The topological polar surface area (TPSA) is 29.5 Å². The SMILES string of the molecule is Cc1cc(OCC(=O)N(C)C2CC2)cc(C)c1Br. The summed E-state index contributed by atoms with van der Waals surface area (Å²) in [6, 6.07) is 4.33. The Balaban J connectivity index is 1.95. The van der Waals surface area contributed by atoms with Crippen LogP contribution in [-0.4, -0.2) is 30.5 Å². The van der Waals surface area contributed by atoms with Gasteiger partial charge in [0.25, 0.3) is 5.91 Å². The van der Waals surface area contributed by atoms with Crippen molar-refractivity contribution in [3.8, 4) is 5.75 Å². The lowest BCUT2D eigenvalue weighted by atomic mass is 10.1. The highest BCUT2D eigenvalue weighted by molar-refractivity contribution is 9.10. The van der Waals surface area contributed by atoms with Gasteiger partial charge in [0.2, 0.25) is 0 Å². The molecule has 1 amide bonds. The first-order chi connectivity index (χ1) is 8.49. The molecule has 98 valence electrons. The summed E-state index contributed by atoms with van der Waals surface area (Å²) in [4.78, 5) is 13.6. The normalized spacial score (nSPS) is 14.4. The number of hydrogen-bond donors (Lipinski definition) is 0. The van der Waals surface area contributed by atoms with Crippen molar-refractivity contribution in [2.45, 2.75) is 32.7 Å². The molecule has 2 rings (SSSR count). The quantitative estimate of drug-likeness (QED) is 0.855. The minimum Gasteiger partial charge on any atom is -0.484 e. The van der Waals surface area contributed by atoms with E-state index in [0.717, 1.165) is 34.2 Å². The van der Waals surface area contributed by atoms with E-state index >= 15 is 0 Å². The first kappa shape index (κ1) is 13.4. The molecule has 0 aliphatic heterocycles. The molecule has 0 spiro atoms. The van der Waals surface area contributed by atoms with Crippen molar-refractivity contribution in [1.82, 2.24) is 4.90 Å². The van der Waals surface area contributed by atoms with Crippen molar-refractivity contribution in [3.63, 3.8) is 0 Å². The highest BCUT2D eigenvalue weighted by atomic mass is 79.9. The molecule has 1 aromatic carbocycles. The molecule has 1 saturated carbocycles. The zero-order valence-corrected chi connectivity index (χ0v) is 12.6. The Hall–Kier alpha value is -1.03. The fraction of sp³-hybridized carbons (Fsp3) is 0.500. The van der Waals surface area contributed by atoms with Crippen LogP contribution in [-0.2, 0) is 4.79 Å². The van der Waals surface area contributed by atoms with E-state index in [1.54, 1.807) is 4.90 Å². The van der Waals surface area contributed by atoms with Gasteiger partial charge in [-0.05, 0) is 49.9 Å². The number of nitrogens with zero attached hydrogens (tertiary/aromatic N) is 1. The molecule has 0 radical (unpaired) electrons. The Morgan fingerprint density at radius 3 is 2.44 bits per heavy atom. The summed E-state index contributed by atoms with van der Waals surface area (Å²) in [5.41, 5.74) is 2.24. The summed E-state index contributed by atoms with van der Waals surface area (Å²) in [6.07, 6.45) is 2.25. The molecule has 1 aliphatic rings. The molecule has 0 atom stereocenters. The van der Waals surface area contributed by atoms with Crippen molar-refractivity contribution in [2.24, 2.45) is 0 Å². The standard InChI is InChI=1S/C14H18BrNO2/c1-9-6-12(7-10(2)14(9)15)18-8-13(17)16(3)11-4-5-11/h6-7,11H,4-5,8H2,1-3H3. The van der Waals surface area contributed by atoms with Crippen molar-refractivity contribution >= 4 is 21.8 Å². The minimum atomic E-state index is 0.0516. The highest BCUT2D eigenvalue weighted by Gasteiger charge is 2.29. The minimum absolute atomic E-state index is 0.0516. The Morgan fingerprint density at radius 2 is 1.94 bits per heavy atom. The Labute approximate surface area is 116 Å². The molecule has 0 unspecified atom stereocenters. The number of amides is 1. The summed E-state index contributed by atoms with van der Waals surface area (Å²) in [6.45, 7) is 4.15. The van der Waals surface area contributed by atoms with Crippen LogP contribution in [0.3, 0.4) is 0 Å². The van der Waals surface area contributed by atoms with E-state index < -0.39 is 0 Å². The zero-order chi connectivity index (χ0) is 13.3. The van der Waals surface area contributed by atoms with Crippen LogP contribution < -0.4 is 4.74 Å². The number of aryl methyl sites for hydroxylation is 2. The third-order valence-corrected chi connectivity index (χ3v) is 4.51. The maximum atomic E-state index is 11.8. The average Bonchev–Trinajstić information content (AvgIpc) is 3.15. The summed E-state index contributed by atoms with van der Waals surface area (Å²) in [5, 5.41) is 0. The second-order valence-corrected chi connectivity index (χ2v) is 5.69. The third-order valence-electron chi connectivity index (χ3n) is 3.26. The van der Waals surface area contributed by atoms with Crippen LogP contribution in [0.5, 0.6) is 5.75 Å². The van der Waals surface area contributed by atoms with E-state index in [0.29, 0.717) is 6.04 Å². The number of benzene rings is 1. The molecule has 1 aliphatic carbocycles. The Morgan fingerprint density at radius 1 is 1.39 bits per heavy atom. The van der Waals surface area contributed by atoms with Crippen LogP contribution in [0.15, 0.2) is 16.6 Å². The van der Waals surface area contributed by atoms with Crippen LogP contribution in [0.2, 0.25) is 0 Å². The molecule has 1 fully saturated rings. The lowest BCUT2D eigenvalue weighted by Crippen LogP contribution is -2.33. The van der Waals surface area contributed by atoms with E-state index in [9.17, 15) is 4.79 Å². The smallest absolute Gasteiger partial charge is 0.260 e. The lowest BCUT2D eigenvalue weighted by molar-refractivity contribution is -0.132. The molecule has 3 nitrogen and oxygen atoms in total. The molecule has 0 N–H and O–H groups in total. The average molecular weight is 312 g/mol. The summed E-state index contributed by atoms with van der Waals surface area (Å²) < 4.78 is 6.67. The van der Waals surface area contributed by atoms with Gasteiger partial charge in [-0.25, -0.2) is 0 Å². The Kier molecular flexibility index (Phi) is 3.95. The summed E-state index contributed by atoms with van der Waals surface area (Å²) in [5.74, 6) is 0.807. The van der Waals surface area contributed by atoms with Crippen LogP contribution in [0.25, 0.3) is 0 Å². The molecule has 0 bridgehead atoms. The molecule has 18 heavy (non-hydrogen) atoms. The van der Waals surface area contributed by atoms with Crippen molar-refractivity contribution < 1.29 is 9.53 Å². The molecule has 0 aromatic heterocycles. The third kappa shape index (κ3) is 3.05. The van der Waals surface area contributed by atoms with Gasteiger partial charge in [-0.3, -0.25) is 4.79 Å². The summed E-state index contributed by atoms with van der Waals surface area (Å²) >= 11 is 3.51. The number of carbonyl (C=O) groups is 1. The molecular formula is C14H18BrNO2. The second-order valence-electron chi connectivity index (χ2n) is 4.90. The van der Waals surface area contributed by atoms with Gasteiger partial charge in [-0.2, -0.15) is 0 Å². The molecule has 4 heteroatoms. The van der Waals surface area contributed by atoms with E-state index in [1.165, 1.54) is 0 Å². The van der Waals surface area contributed by atoms with E-state index in [4.69, 9.17) is 4.74 Å². The number of carbonyl (C=O) groups excluding carboxylic acids is 1. The van der Waals surface area contributed by atoms with Gasteiger partial charge in [0.05, 0.1) is 0 Å². The lowest BCUT2D eigenvalue weighted by Gasteiger charge is -2.17. The monoisotopic (exact) mass is 311 g/mol. The zero-order valence-electron chi connectivity index (χ0n) is 11.0. The van der Waals surface area contributed by atoms with Crippen molar-refractivity contribution in [3.05, 3.63) is 27.7 Å². The summed E-state index contributed by atoms with van der Waals surface area (Å²) in [7, 11) is 1.85. The van der Waals surface area contributed by atoms with Crippen LogP contribution in [0.1, 0.15) is 24.0 Å². The van der Waals surface area contributed by atoms with Crippen molar-refractivity contribution in [1.29, 1.82) is 0 Å². The first-order valence-electron chi connectivity index (χ1n) is 6.14. The van der Waals surface area contributed by atoms with E-state index in [2.05, 4.69) is 15.9 Å². The van der Waals surface area contributed by atoms with Crippen LogP contribution >= 0.6 is 15.9 Å². The number of hydrogen-bond acceptors (Lipinski definition) is 2. The Bertz CT molecular complexity index is 446. The largest absolute Gasteiger partial charge is 0.484 e. The van der Waals surface area contributed by atoms with Gasteiger partial charge in [-0.1, -0.05) is 15.9 Å². The highest BCUT2D eigenvalue weighted by Crippen LogP contribution is 2.27. The molecule has 0 saturated heterocycles. The van der Waals surface area contributed by atoms with Crippen LogP contribution in [0.4, 0.5) is 0 Å². The molecule has 0 heterocycles. The van der Waals surface area contributed by atoms with Crippen LogP contribution in [0, 0.1) is 13.8 Å². The molecule has 1 aromatic rings. The predicted octanol–water partition coefficient (Wildman–Crippen LogP) is 3.07. The fourth-order valence-corrected chi connectivity index (χ4v) is 2.13. The van der Waals surface area contributed by atoms with Gasteiger partial charge >= 0.3 is 0 Å². The fourth-order valence-electron chi connectivity index (χ4n) is 1.90. The van der Waals surface area contributed by atoms with E-state index in [-0.39, 0.29) is 12.5 Å².